The van der Waals surface area contributed by atoms with Crippen molar-refractivity contribution in [1.82, 2.24) is 15.3 Å². The lowest BCUT2D eigenvalue weighted by Gasteiger charge is -2.26. The first-order valence-electron chi connectivity index (χ1n) is 9.08. The van der Waals surface area contributed by atoms with Gasteiger partial charge in [0.15, 0.2) is 5.78 Å². The number of nitrogens with one attached hydrogen (secondary N) is 2. The number of rotatable bonds is 9. The van der Waals surface area contributed by atoms with Gasteiger partial charge in [0.05, 0.1) is 12.4 Å². The number of carbonyl (C=O) groups excluding carboxylic acids is 1. The zero-order chi connectivity index (χ0) is 20.7. The summed E-state index contributed by atoms with van der Waals surface area (Å²) in [6.07, 6.45) is 3.37. The van der Waals surface area contributed by atoms with Crippen LogP contribution in [0.2, 0.25) is 0 Å². The minimum Gasteiger partial charge on any atom is -0.415 e. The number of hydrogen-bond acceptors (Lipinski definition) is 6. The van der Waals surface area contributed by atoms with Gasteiger partial charge >= 0.3 is 7.60 Å². The molecule has 0 unspecified atom stereocenters. The van der Waals surface area contributed by atoms with Crippen LogP contribution in [-0.4, -0.2) is 27.7 Å². The summed E-state index contributed by atoms with van der Waals surface area (Å²) >= 11 is 0. The number of imidazole rings is 1. The molecule has 1 amide bonds. The lowest BCUT2D eigenvalue weighted by molar-refractivity contribution is -0.122. The maximum Gasteiger partial charge on any atom is 0.452 e. The third-order valence-electron chi connectivity index (χ3n) is 4.11. The van der Waals surface area contributed by atoms with Crippen molar-refractivity contribution in [1.29, 1.82) is 0 Å². The minimum atomic E-state index is -3.83. The number of benzene rings is 2. The zero-order valence-electron chi connectivity index (χ0n) is 15.9. The van der Waals surface area contributed by atoms with E-state index in [4.69, 9.17) is 14.8 Å². The van der Waals surface area contributed by atoms with Crippen LogP contribution >= 0.6 is 7.60 Å². The average Bonchev–Trinajstić information content (AvgIpc) is 3.22. The largest absolute Gasteiger partial charge is 0.452 e. The molecule has 0 saturated heterocycles. The molecule has 0 bridgehead atoms. The van der Waals surface area contributed by atoms with Crippen LogP contribution in [0.3, 0.4) is 0 Å². The second-order valence-electron chi connectivity index (χ2n) is 6.42. The number of carbonyl (C=O) groups is 1. The summed E-state index contributed by atoms with van der Waals surface area (Å²) in [5, 5.41) is 2.66. The van der Waals surface area contributed by atoms with Crippen molar-refractivity contribution in [3.05, 3.63) is 78.9 Å². The first kappa shape index (κ1) is 20.6. The monoisotopic (exact) mass is 414 g/mol. The number of hydrogen-bond donors (Lipinski definition) is 3. The molecule has 8 nitrogen and oxygen atoms in total. The molecule has 0 aliphatic carbocycles. The van der Waals surface area contributed by atoms with Gasteiger partial charge in [-0.25, -0.2) is 9.55 Å². The lowest BCUT2D eigenvalue weighted by Crippen LogP contribution is -2.46. The highest BCUT2D eigenvalue weighted by molar-refractivity contribution is 7.55. The van der Waals surface area contributed by atoms with E-state index in [1.54, 1.807) is 61.7 Å². The number of aromatic nitrogens is 2. The van der Waals surface area contributed by atoms with Gasteiger partial charge in [0.1, 0.15) is 11.5 Å². The molecular formula is C20H23N4O4P. The summed E-state index contributed by atoms with van der Waals surface area (Å²) in [4.78, 5) is 19.3. The molecule has 4 N–H and O–H groups in total. The van der Waals surface area contributed by atoms with E-state index >= 15 is 0 Å². The molecule has 0 saturated carbocycles. The molecule has 3 aromatic rings. The number of para-hydroxylation sites is 2. The highest BCUT2D eigenvalue weighted by Crippen LogP contribution is 2.51. The molecule has 2 aromatic carbocycles. The van der Waals surface area contributed by atoms with Crippen LogP contribution in [0, 0.1) is 0 Å². The van der Waals surface area contributed by atoms with E-state index in [2.05, 4.69) is 15.3 Å². The van der Waals surface area contributed by atoms with Crippen LogP contribution in [0.1, 0.15) is 12.6 Å². The van der Waals surface area contributed by atoms with Crippen molar-refractivity contribution < 1.29 is 18.4 Å². The summed E-state index contributed by atoms with van der Waals surface area (Å²) in [5.41, 5.74) is 6.70. The molecule has 0 spiro atoms. The molecule has 3 rings (SSSR count). The third-order valence-corrected chi connectivity index (χ3v) is 6.12. The molecule has 9 heteroatoms. The summed E-state index contributed by atoms with van der Waals surface area (Å²) in [7, 11) is -3.83. The maximum atomic E-state index is 13.6. The lowest BCUT2D eigenvalue weighted by atomic mass is 10.1. The van der Waals surface area contributed by atoms with Gasteiger partial charge in [-0.2, -0.15) is 0 Å². The van der Waals surface area contributed by atoms with Crippen molar-refractivity contribution in [2.45, 2.75) is 25.2 Å². The van der Waals surface area contributed by atoms with E-state index < -0.39 is 25.3 Å². The third kappa shape index (κ3) is 5.70. The Morgan fingerprint density at radius 3 is 2.14 bits per heavy atom. The molecule has 0 fully saturated rings. The molecule has 1 aromatic heterocycles. The highest BCUT2D eigenvalue weighted by Gasteiger charge is 2.38. The Labute approximate surface area is 169 Å². The normalized spacial score (nSPS) is 13.3. The molecular weight excluding hydrogens is 391 g/mol. The van der Waals surface area contributed by atoms with Crippen LogP contribution < -0.4 is 20.1 Å². The number of H-pyrrole nitrogens is 1. The van der Waals surface area contributed by atoms with Crippen molar-refractivity contribution in [3.8, 4) is 11.5 Å². The summed E-state index contributed by atoms with van der Waals surface area (Å²) in [6.45, 7) is 1.56. The van der Waals surface area contributed by atoms with Crippen LogP contribution in [0.15, 0.2) is 73.2 Å². The van der Waals surface area contributed by atoms with Crippen molar-refractivity contribution in [2.24, 2.45) is 5.73 Å². The van der Waals surface area contributed by atoms with Gasteiger partial charge in [-0.3, -0.25) is 4.79 Å². The Morgan fingerprint density at radius 2 is 1.66 bits per heavy atom. The Kier molecular flexibility index (Phi) is 6.69. The Balaban J connectivity index is 1.75. The van der Waals surface area contributed by atoms with Crippen molar-refractivity contribution >= 4 is 13.5 Å². The number of nitrogens with zero attached hydrogens (tertiary/aromatic N) is 1. The van der Waals surface area contributed by atoms with Crippen LogP contribution in [0.5, 0.6) is 11.5 Å². The fraction of sp³-hybridized carbons (Fsp3) is 0.200. The van der Waals surface area contributed by atoms with E-state index in [9.17, 15) is 9.36 Å². The quantitative estimate of drug-likeness (QED) is 0.463. The van der Waals surface area contributed by atoms with E-state index in [0.29, 0.717) is 11.5 Å². The Bertz CT molecular complexity index is 906. The molecule has 152 valence electrons. The Morgan fingerprint density at radius 1 is 1.10 bits per heavy atom. The van der Waals surface area contributed by atoms with Gasteiger partial charge in [-0.05, 0) is 31.2 Å². The standard InChI is InChI=1S/C20H23N4O4P/c1-15(24-20(25)19(21)12-16-13-22-14-23-16)29(26,27-17-8-4-2-5-9-17)28-18-10-6-3-7-11-18/h2-11,13-15,19H,12,21H2,1H3,(H,22,23)(H,24,25)/t15-,19+/m1/s1. The average molecular weight is 414 g/mol. The summed E-state index contributed by atoms with van der Waals surface area (Å²) < 4.78 is 25.0. The summed E-state index contributed by atoms with van der Waals surface area (Å²) in [6, 6.07) is 16.5. The molecule has 0 radical (unpaired) electrons. The van der Waals surface area contributed by atoms with Gasteiger partial charge < -0.3 is 25.1 Å². The zero-order valence-corrected chi connectivity index (χ0v) is 16.8. The molecule has 1 heterocycles. The Hall–Kier alpha value is -3.09. The topological polar surface area (TPSA) is 119 Å². The van der Waals surface area contributed by atoms with Gasteiger partial charge in [-0.15, -0.1) is 0 Å². The molecule has 2 atom stereocenters. The van der Waals surface area contributed by atoms with Gasteiger partial charge in [0.25, 0.3) is 0 Å². The van der Waals surface area contributed by atoms with Gasteiger partial charge in [-0.1, -0.05) is 36.4 Å². The maximum absolute atomic E-state index is 13.6. The highest BCUT2D eigenvalue weighted by atomic mass is 31.2. The molecule has 0 aliphatic rings. The van der Waals surface area contributed by atoms with Gasteiger partial charge in [0, 0.05) is 18.3 Å². The predicted molar refractivity (Wildman–Crippen MR) is 110 cm³/mol. The van der Waals surface area contributed by atoms with Crippen LogP contribution in [0.25, 0.3) is 0 Å². The number of amides is 1. The predicted octanol–water partition coefficient (Wildman–Crippen LogP) is 3.09. The van der Waals surface area contributed by atoms with Crippen LogP contribution in [0.4, 0.5) is 0 Å². The van der Waals surface area contributed by atoms with Crippen molar-refractivity contribution in [2.75, 3.05) is 0 Å². The second kappa shape index (κ2) is 9.41. The molecule has 29 heavy (non-hydrogen) atoms. The summed E-state index contributed by atoms with van der Waals surface area (Å²) in [5.74, 6) is -0.673. The fourth-order valence-corrected chi connectivity index (χ4v) is 4.02. The van der Waals surface area contributed by atoms with E-state index in [1.165, 1.54) is 6.33 Å². The number of aromatic amines is 1. The van der Waals surface area contributed by atoms with E-state index in [0.717, 1.165) is 5.69 Å². The first-order valence-corrected chi connectivity index (χ1v) is 10.7. The SMILES string of the molecule is C[C@H](NC(=O)[C@@H](N)Cc1cnc[nH]1)P(=O)(Oc1ccccc1)Oc1ccccc1. The first-order chi connectivity index (χ1) is 14.0. The second-order valence-corrected chi connectivity index (χ2v) is 8.64. The molecule has 0 aliphatic heterocycles. The number of nitrogens with two attached hydrogens (primary N) is 1. The fourth-order valence-electron chi connectivity index (χ4n) is 2.55. The van der Waals surface area contributed by atoms with E-state index in [1.807, 2.05) is 12.1 Å². The van der Waals surface area contributed by atoms with Gasteiger partial charge in [0.2, 0.25) is 5.91 Å². The van der Waals surface area contributed by atoms with E-state index in [-0.39, 0.29) is 6.42 Å². The van der Waals surface area contributed by atoms with Crippen LogP contribution in [-0.2, 0) is 15.8 Å². The van der Waals surface area contributed by atoms with Crippen molar-refractivity contribution in [3.63, 3.8) is 0 Å². The minimum absolute atomic E-state index is 0.266. The smallest absolute Gasteiger partial charge is 0.415 e.